The maximum atomic E-state index is 11.9. The van der Waals surface area contributed by atoms with Crippen LogP contribution in [-0.2, 0) is 0 Å². The van der Waals surface area contributed by atoms with Gasteiger partial charge in [0.2, 0.25) is 0 Å². The number of benzene rings is 2. The van der Waals surface area contributed by atoms with Gasteiger partial charge in [0.05, 0.1) is 6.54 Å². The van der Waals surface area contributed by atoms with Gasteiger partial charge in [0.1, 0.15) is 11.5 Å². The van der Waals surface area contributed by atoms with Gasteiger partial charge in [0.25, 0.3) is 5.91 Å². The van der Waals surface area contributed by atoms with Crippen molar-refractivity contribution in [1.82, 2.24) is 5.32 Å². The zero-order valence-corrected chi connectivity index (χ0v) is 11.6. The summed E-state index contributed by atoms with van der Waals surface area (Å²) >= 11 is 5.79. The van der Waals surface area contributed by atoms with Crippen LogP contribution in [0.2, 0.25) is 5.02 Å². The number of rotatable bonds is 4. The van der Waals surface area contributed by atoms with Crippen LogP contribution in [0.5, 0.6) is 11.5 Å². The minimum atomic E-state index is -0.573. The third-order valence-electron chi connectivity index (χ3n) is 2.72. The predicted molar refractivity (Wildman–Crippen MR) is 77.9 cm³/mol. The van der Waals surface area contributed by atoms with E-state index in [2.05, 4.69) is 5.32 Å². The van der Waals surface area contributed by atoms with Gasteiger partial charge < -0.3 is 15.5 Å². The molecule has 0 heterocycles. The zero-order chi connectivity index (χ0) is 15.4. The quantitative estimate of drug-likeness (QED) is 0.757. The van der Waals surface area contributed by atoms with Crippen LogP contribution >= 0.6 is 11.6 Å². The minimum absolute atomic E-state index is 0.0615. The molecule has 0 aliphatic heterocycles. The lowest BCUT2D eigenvalue weighted by molar-refractivity contribution is 0.0903. The molecule has 0 saturated carbocycles. The van der Waals surface area contributed by atoms with Crippen molar-refractivity contribution >= 4 is 23.3 Å². The third kappa shape index (κ3) is 3.97. The number of amides is 1. The van der Waals surface area contributed by atoms with Gasteiger partial charge in [-0.05, 0) is 24.3 Å². The smallest absolute Gasteiger partial charge is 0.251 e. The van der Waals surface area contributed by atoms with Crippen molar-refractivity contribution in [2.45, 2.75) is 0 Å². The summed E-state index contributed by atoms with van der Waals surface area (Å²) in [6.45, 7) is -0.213. The van der Waals surface area contributed by atoms with Crippen LogP contribution in [0.4, 0.5) is 0 Å². The highest BCUT2D eigenvalue weighted by atomic mass is 35.5. The molecule has 0 unspecified atom stereocenters. The van der Waals surface area contributed by atoms with Gasteiger partial charge in [-0.1, -0.05) is 23.7 Å². The van der Waals surface area contributed by atoms with Crippen molar-refractivity contribution in [3.05, 3.63) is 58.6 Å². The summed E-state index contributed by atoms with van der Waals surface area (Å²) in [6, 6.07) is 9.89. The first kappa shape index (κ1) is 14.9. The van der Waals surface area contributed by atoms with Crippen LogP contribution in [0.25, 0.3) is 0 Å². The first-order valence-corrected chi connectivity index (χ1v) is 6.43. The molecule has 0 aliphatic rings. The molecule has 0 bridgehead atoms. The fourth-order valence-electron chi connectivity index (χ4n) is 1.75. The zero-order valence-electron chi connectivity index (χ0n) is 10.8. The van der Waals surface area contributed by atoms with E-state index in [1.54, 1.807) is 18.2 Å². The Morgan fingerprint density at radius 2 is 1.67 bits per heavy atom. The highest BCUT2D eigenvalue weighted by Crippen LogP contribution is 2.20. The molecule has 0 spiro atoms. The number of aromatic hydroxyl groups is 2. The van der Waals surface area contributed by atoms with E-state index in [0.717, 1.165) is 6.07 Å². The normalized spacial score (nSPS) is 10.1. The Hall–Kier alpha value is -2.53. The maximum absolute atomic E-state index is 11.9. The summed E-state index contributed by atoms with van der Waals surface area (Å²) < 4.78 is 0. The number of hydrogen-bond acceptors (Lipinski definition) is 4. The summed E-state index contributed by atoms with van der Waals surface area (Å²) in [7, 11) is 0. The van der Waals surface area contributed by atoms with Crippen molar-refractivity contribution < 1.29 is 19.8 Å². The molecular formula is C15H12ClNO4. The Kier molecular flexibility index (Phi) is 4.45. The summed E-state index contributed by atoms with van der Waals surface area (Å²) in [5.41, 5.74) is 0.452. The van der Waals surface area contributed by atoms with E-state index in [1.807, 2.05) is 0 Å². The second kappa shape index (κ2) is 6.28. The largest absolute Gasteiger partial charge is 0.508 e. The lowest BCUT2D eigenvalue weighted by Crippen LogP contribution is -2.29. The van der Waals surface area contributed by atoms with Crippen LogP contribution in [0.1, 0.15) is 20.7 Å². The minimum Gasteiger partial charge on any atom is -0.508 e. The van der Waals surface area contributed by atoms with Crippen LogP contribution in [-0.4, -0.2) is 28.4 Å². The standard InChI is InChI=1S/C15H12ClNO4/c16-11-3-1-2-9(4-11)14(20)8-17-15(21)10-5-12(18)7-13(19)6-10/h1-7,18-19H,8H2,(H,17,21). The van der Waals surface area contributed by atoms with Gasteiger partial charge >= 0.3 is 0 Å². The van der Waals surface area contributed by atoms with Crippen molar-refractivity contribution in [3.8, 4) is 11.5 Å². The first-order valence-electron chi connectivity index (χ1n) is 6.05. The van der Waals surface area contributed by atoms with E-state index < -0.39 is 5.91 Å². The van der Waals surface area contributed by atoms with Crippen molar-refractivity contribution in [3.63, 3.8) is 0 Å². The Balaban J connectivity index is 2.02. The number of carbonyl (C=O) groups excluding carboxylic acids is 2. The Labute approximate surface area is 125 Å². The number of nitrogens with one attached hydrogen (secondary N) is 1. The van der Waals surface area contributed by atoms with E-state index in [1.165, 1.54) is 18.2 Å². The number of Topliss-reactive ketones (excluding diaryl/α,β-unsaturated/α-hetero) is 1. The molecule has 108 valence electrons. The number of phenols is 2. The second-order valence-electron chi connectivity index (χ2n) is 4.35. The van der Waals surface area contributed by atoms with Crippen LogP contribution < -0.4 is 5.32 Å². The summed E-state index contributed by atoms with van der Waals surface area (Å²) in [4.78, 5) is 23.7. The summed E-state index contributed by atoms with van der Waals surface area (Å²) in [5, 5.41) is 21.5. The first-order chi connectivity index (χ1) is 9.95. The van der Waals surface area contributed by atoms with E-state index in [0.29, 0.717) is 10.6 Å². The molecule has 5 nitrogen and oxygen atoms in total. The Morgan fingerprint density at radius 1 is 1.00 bits per heavy atom. The fourth-order valence-corrected chi connectivity index (χ4v) is 1.94. The molecule has 0 aromatic heterocycles. The molecule has 0 saturated heterocycles. The third-order valence-corrected chi connectivity index (χ3v) is 2.96. The summed E-state index contributed by atoms with van der Waals surface area (Å²) in [6.07, 6.45) is 0. The van der Waals surface area contributed by atoms with Gasteiger partial charge in [0, 0.05) is 22.2 Å². The molecule has 0 aliphatic carbocycles. The van der Waals surface area contributed by atoms with Crippen LogP contribution in [0, 0.1) is 0 Å². The molecule has 2 aromatic rings. The SMILES string of the molecule is O=C(CNC(=O)c1cc(O)cc(O)c1)c1cccc(Cl)c1. The average Bonchev–Trinajstić information content (AvgIpc) is 2.43. The highest BCUT2D eigenvalue weighted by molar-refractivity contribution is 6.31. The van der Waals surface area contributed by atoms with Gasteiger partial charge in [-0.25, -0.2) is 0 Å². The number of ketones is 1. The fraction of sp³-hybridized carbons (Fsp3) is 0.0667. The molecule has 2 rings (SSSR count). The lowest BCUT2D eigenvalue weighted by atomic mass is 10.1. The molecular weight excluding hydrogens is 294 g/mol. The van der Waals surface area contributed by atoms with Crippen molar-refractivity contribution in [2.24, 2.45) is 0 Å². The number of carbonyl (C=O) groups is 2. The lowest BCUT2D eigenvalue weighted by Gasteiger charge is -2.06. The number of halogens is 1. The molecule has 21 heavy (non-hydrogen) atoms. The summed E-state index contributed by atoms with van der Waals surface area (Å²) in [5.74, 6) is -1.34. The van der Waals surface area contributed by atoms with E-state index in [9.17, 15) is 19.8 Å². The molecule has 2 aromatic carbocycles. The van der Waals surface area contributed by atoms with Crippen molar-refractivity contribution in [1.29, 1.82) is 0 Å². The van der Waals surface area contributed by atoms with Gasteiger partial charge in [-0.15, -0.1) is 0 Å². The van der Waals surface area contributed by atoms with Gasteiger partial charge in [0.15, 0.2) is 5.78 Å². The second-order valence-corrected chi connectivity index (χ2v) is 4.79. The van der Waals surface area contributed by atoms with E-state index >= 15 is 0 Å². The van der Waals surface area contributed by atoms with Gasteiger partial charge in [-0.3, -0.25) is 9.59 Å². The monoisotopic (exact) mass is 305 g/mol. The molecule has 6 heteroatoms. The number of hydrogen-bond donors (Lipinski definition) is 3. The predicted octanol–water partition coefficient (Wildman–Crippen LogP) is 2.36. The maximum Gasteiger partial charge on any atom is 0.251 e. The van der Waals surface area contributed by atoms with E-state index in [4.69, 9.17) is 11.6 Å². The topological polar surface area (TPSA) is 86.6 Å². The van der Waals surface area contributed by atoms with E-state index in [-0.39, 0.29) is 29.4 Å². The Bertz CT molecular complexity index is 680. The molecule has 0 radical (unpaired) electrons. The molecule has 0 atom stereocenters. The molecule has 0 fully saturated rings. The van der Waals surface area contributed by atoms with Gasteiger partial charge in [-0.2, -0.15) is 0 Å². The highest BCUT2D eigenvalue weighted by Gasteiger charge is 2.11. The van der Waals surface area contributed by atoms with Crippen LogP contribution in [0.3, 0.4) is 0 Å². The van der Waals surface area contributed by atoms with Crippen LogP contribution in [0.15, 0.2) is 42.5 Å². The molecule has 1 amide bonds. The number of phenolic OH excluding ortho intramolecular Hbond substituents is 2. The average molecular weight is 306 g/mol. The molecule has 3 N–H and O–H groups in total. The van der Waals surface area contributed by atoms with Crippen molar-refractivity contribution in [2.75, 3.05) is 6.54 Å². The Morgan fingerprint density at radius 3 is 2.29 bits per heavy atom.